The molecule has 0 amide bonds. The number of aromatic hydroxyl groups is 2. The van der Waals surface area contributed by atoms with Gasteiger partial charge in [-0.3, -0.25) is 9.98 Å². The van der Waals surface area contributed by atoms with Gasteiger partial charge in [0.15, 0.2) is 0 Å². The molecule has 0 saturated heterocycles. The van der Waals surface area contributed by atoms with E-state index in [0.29, 0.717) is 79.6 Å². The molecule has 0 aromatic heterocycles. The molecule has 6 rings (SSSR count). The Morgan fingerprint density at radius 1 is 0.465 bits per heavy atom. The molecular formula is C72H94Cl4N2O8. The first-order valence-electron chi connectivity index (χ1n) is 30.5. The maximum Gasteiger partial charge on any atom is 0.144 e. The van der Waals surface area contributed by atoms with Gasteiger partial charge in [-0.1, -0.05) is 228 Å². The molecule has 0 saturated carbocycles. The number of unbranched alkanes of at least 4 members (excludes halogenated alkanes) is 10. The lowest BCUT2D eigenvalue weighted by atomic mass is 9.75. The minimum Gasteiger partial charge on any atom is -0.506 e. The summed E-state index contributed by atoms with van der Waals surface area (Å²) in [5.41, 5.74) is 1.46. The van der Waals surface area contributed by atoms with E-state index in [9.17, 15) is 20.4 Å². The number of para-hydroxylation sites is 2. The van der Waals surface area contributed by atoms with E-state index < -0.39 is 23.3 Å². The quantitative estimate of drug-likeness (QED) is 0.0269. The number of aliphatic imine (C=N–C) groups is 2. The molecule has 2 unspecified atom stereocenters. The topological polar surface area (TPSA) is 143 Å². The van der Waals surface area contributed by atoms with E-state index in [2.05, 4.69) is 79.7 Å². The number of halogens is 4. The number of ether oxygens (including phenoxy) is 4. The predicted octanol–water partition coefficient (Wildman–Crippen LogP) is 19.6. The second-order valence-electron chi connectivity index (χ2n) is 24.7. The van der Waals surface area contributed by atoms with Gasteiger partial charge in [-0.25, -0.2) is 0 Å². The van der Waals surface area contributed by atoms with Crippen molar-refractivity contribution in [1.29, 1.82) is 0 Å². The summed E-state index contributed by atoms with van der Waals surface area (Å²) in [6.07, 6.45) is 16.8. The molecule has 0 spiro atoms. The van der Waals surface area contributed by atoms with E-state index in [1.807, 2.05) is 69.3 Å². The van der Waals surface area contributed by atoms with Crippen molar-refractivity contribution in [3.8, 4) is 34.5 Å². The third-order valence-corrected chi connectivity index (χ3v) is 16.7. The largest absolute Gasteiger partial charge is 0.506 e. The maximum absolute atomic E-state index is 13.6. The summed E-state index contributed by atoms with van der Waals surface area (Å²) in [6, 6.07) is 31.6. The van der Waals surface area contributed by atoms with Crippen molar-refractivity contribution in [2.75, 3.05) is 27.4 Å². The van der Waals surface area contributed by atoms with Crippen molar-refractivity contribution in [3.05, 3.63) is 174 Å². The van der Waals surface area contributed by atoms with Crippen molar-refractivity contribution in [3.63, 3.8) is 0 Å². The van der Waals surface area contributed by atoms with Crippen LogP contribution < -0.4 is 18.9 Å². The van der Waals surface area contributed by atoms with Crippen molar-refractivity contribution in [2.45, 2.75) is 187 Å². The zero-order valence-electron chi connectivity index (χ0n) is 53.0. The average Bonchev–Trinajstić information content (AvgIpc) is 0.841. The van der Waals surface area contributed by atoms with Crippen LogP contribution in [0.5, 0.6) is 34.5 Å². The number of rotatable bonds is 29. The Bertz CT molecular complexity index is 3040. The Labute approximate surface area is 533 Å². The van der Waals surface area contributed by atoms with Gasteiger partial charge < -0.3 is 39.4 Å². The third kappa shape index (κ3) is 18.8. The third-order valence-electron chi connectivity index (χ3n) is 15.6. The minimum atomic E-state index is -1.70. The molecule has 0 radical (unpaired) electrons. The van der Waals surface area contributed by atoms with Crippen molar-refractivity contribution >= 4 is 58.8 Å². The molecule has 0 aliphatic rings. The van der Waals surface area contributed by atoms with Crippen molar-refractivity contribution < 1.29 is 39.4 Å². The van der Waals surface area contributed by atoms with Gasteiger partial charge in [0.05, 0.1) is 49.6 Å². The van der Waals surface area contributed by atoms with E-state index in [-0.39, 0.29) is 38.3 Å². The summed E-state index contributed by atoms with van der Waals surface area (Å²) in [7, 11) is 3.11. The number of benzene rings is 6. The van der Waals surface area contributed by atoms with Gasteiger partial charge >= 0.3 is 0 Å². The SMILES string of the molecule is CCCCCCCCOc1ccc(C(C)(C)C)cc1C(O)(c1cc(C(C)(C)C)ccc1OCCCCCCCC)C(C)N=Cc1cc(Cl)cc(Cl)c1O.COc1ccccc1C(O)(c1ccccc1OC)C(N=Cc1cc(Cl)cc(Cl)c1O)C(C)C. The molecule has 468 valence electrons. The van der Waals surface area contributed by atoms with Gasteiger partial charge in [-0.05, 0) is 108 Å². The van der Waals surface area contributed by atoms with Crippen LogP contribution >= 0.6 is 46.4 Å². The van der Waals surface area contributed by atoms with E-state index in [0.717, 1.165) is 36.8 Å². The molecule has 6 aromatic carbocycles. The molecule has 2 atom stereocenters. The average molecular weight is 1260 g/mol. The number of nitrogens with zero attached hydrogens (tertiary/aromatic N) is 2. The van der Waals surface area contributed by atoms with Crippen molar-refractivity contribution in [1.82, 2.24) is 0 Å². The normalized spacial score (nSPS) is 13.0. The van der Waals surface area contributed by atoms with Crippen LogP contribution in [0.2, 0.25) is 20.1 Å². The van der Waals surface area contributed by atoms with Crippen LogP contribution in [-0.2, 0) is 22.0 Å². The van der Waals surface area contributed by atoms with Crippen LogP contribution in [0.4, 0.5) is 0 Å². The summed E-state index contributed by atoms with van der Waals surface area (Å²) in [5.74, 6) is 1.88. The number of hydrogen-bond donors (Lipinski definition) is 4. The van der Waals surface area contributed by atoms with Crippen LogP contribution in [0.3, 0.4) is 0 Å². The fourth-order valence-electron chi connectivity index (χ4n) is 10.5. The minimum absolute atomic E-state index is 0.120. The predicted molar refractivity (Wildman–Crippen MR) is 360 cm³/mol. The van der Waals surface area contributed by atoms with Crippen LogP contribution in [0.15, 0.2) is 119 Å². The van der Waals surface area contributed by atoms with E-state index >= 15 is 0 Å². The van der Waals surface area contributed by atoms with Gasteiger partial charge in [0, 0.05) is 55.9 Å². The summed E-state index contributed by atoms with van der Waals surface area (Å²) in [4.78, 5) is 9.69. The Balaban J connectivity index is 0.000000349. The number of hydrogen-bond acceptors (Lipinski definition) is 10. The van der Waals surface area contributed by atoms with E-state index in [4.69, 9.17) is 75.3 Å². The fraction of sp³-hybridized carbons (Fsp3) is 0.472. The summed E-state index contributed by atoms with van der Waals surface area (Å²) < 4.78 is 24.4. The molecule has 6 aromatic rings. The van der Waals surface area contributed by atoms with Gasteiger partial charge in [-0.2, -0.15) is 0 Å². The van der Waals surface area contributed by atoms with Gasteiger partial charge in [0.25, 0.3) is 0 Å². The highest BCUT2D eigenvalue weighted by atomic mass is 35.5. The smallest absolute Gasteiger partial charge is 0.144 e. The lowest BCUT2D eigenvalue weighted by molar-refractivity contribution is 0.0321. The first kappa shape index (κ1) is 71.3. The highest BCUT2D eigenvalue weighted by Gasteiger charge is 2.46. The number of aliphatic hydroxyl groups is 2. The maximum atomic E-state index is 13.6. The van der Waals surface area contributed by atoms with E-state index in [1.54, 1.807) is 38.5 Å². The molecule has 86 heavy (non-hydrogen) atoms. The van der Waals surface area contributed by atoms with Gasteiger partial charge in [-0.15, -0.1) is 0 Å². The standard InChI is InChI=1S/C46H67Cl2NO4.C26H27Cl2NO4/c1-10-12-14-16-18-20-26-52-41-24-22-35(44(4,5)6)29-38(41)46(51,33(3)49-32-34-28-37(47)31-40(48)43(34)50)39-30-36(45(7,8)9)23-25-42(39)53-27-21-19-17-15-13-11-2;1-16(2)25(29-15-17-13-18(27)14-21(28)24(17)30)26(31,19-9-5-7-11-22(19)32-3)20-10-6-8-12-23(20)33-4/h22-25,28-33,50-51H,10-21,26-27H2,1-9H3;5-16,25,30-31H,1-4H3. The van der Waals surface area contributed by atoms with E-state index in [1.165, 1.54) is 75.9 Å². The molecule has 0 aliphatic carbocycles. The monoisotopic (exact) mass is 1250 g/mol. The first-order chi connectivity index (χ1) is 40.8. The Hall–Kier alpha value is -5.46. The highest BCUT2D eigenvalue weighted by molar-refractivity contribution is 6.36. The second kappa shape index (κ2) is 33.2. The molecule has 10 nitrogen and oxygen atoms in total. The van der Waals surface area contributed by atoms with Crippen LogP contribution in [-0.4, -0.2) is 72.4 Å². The number of methoxy groups -OCH3 is 2. The fourth-order valence-corrected chi connectivity index (χ4v) is 11.6. The molecule has 14 heteroatoms. The number of phenols is 2. The second-order valence-corrected chi connectivity index (χ2v) is 26.3. The lowest BCUT2D eigenvalue weighted by Crippen LogP contribution is -2.43. The molecule has 0 fully saturated rings. The van der Waals surface area contributed by atoms with Crippen LogP contribution in [0.25, 0.3) is 0 Å². The molecule has 0 bridgehead atoms. The zero-order valence-corrected chi connectivity index (χ0v) is 56.0. The van der Waals surface area contributed by atoms with Gasteiger partial charge in [0.2, 0.25) is 0 Å². The molecule has 4 N–H and O–H groups in total. The molecule has 0 aliphatic heterocycles. The van der Waals surface area contributed by atoms with Crippen LogP contribution in [0.1, 0.15) is 198 Å². The summed E-state index contributed by atoms with van der Waals surface area (Å²) in [6.45, 7) is 24.4. The summed E-state index contributed by atoms with van der Waals surface area (Å²) >= 11 is 24.8. The lowest BCUT2D eigenvalue weighted by Gasteiger charge is -2.38. The summed E-state index contributed by atoms with van der Waals surface area (Å²) in [5, 5.41) is 48.3. The van der Waals surface area contributed by atoms with Crippen molar-refractivity contribution in [2.24, 2.45) is 15.9 Å². The zero-order chi connectivity index (χ0) is 63.4. The molecule has 0 heterocycles. The number of phenolic OH excluding ortho intramolecular Hbond substituents is 2. The Kier molecular flexibility index (Phi) is 27.5. The first-order valence-corrected chi connectivity index (χ1v) is 32.0. The van der Waals surface area contributed by atoms with Crippen LogP contribution in [0, 0.1) is 5.92 Å². The van der Waals surface area contributed by atoms with Gasteiger partial charge in [0.1, 0.15) is 45.7 Å². The Morgan fingerprint density at radius 2 is 0.849 bits per heavy atom. The Morgan fingerprint density at radius 3 is 1.23 bits per heavy atom. The highest BCUT2D eigenvalue weighted by Crippen LogP contribution is 2.48. The molecular weight excluding hydrogens is 1160 g/mol.